The number of piperidine rings is 1. The second kappa shape index (κ2) is 6.83. The van der Waals surface area contributed by atoms with E-state index in [0.29, 0.717) is 17.3 Å². The van der Waals surface area contributed by atoms with Crippen molar-refractivity contribution in [3.8, 4) is 5.75 Å². The fourth-order valence-corrected chi connectivity index (χ4v) is 2.76. The third-order valence-corrected chi connectivity index (χ3v) is 4.10. The number of benzene rings is 1. The molecule has 1 aliphatic heterocycles. The summed E-state index contributed by atoms with van der Waals surface area (Å²) in [6, 6.07) is 8.41. The number of amides is 1. The number of carbonyl (C=O) groups excluding carboxylic acids is 1. The van der Waals surface area contributed by atoms with Gasteiger partial charge in [0, 0.05) is 23.6 Å². The van der Waals surface area contributed by atoms with E-state index in [1.807, 2.05) is 0 Å². The first-order valence-electron chi connectivity index (χ1n) is 7.78. The maximum absolute atomic E-state index is 12.0. The summed E-state index contributed by atoms with van der Waals surface area (Å²) in [5.41, 5.74) is 0.0367. The van der Waals surface area contributed by atoms with E-state index in [1.54, 1.807) is 24.3 Å². The summed E-state index contributed by atoms with van der Waals surface area (Å²) in [4.78, 5) is 23.3. The number of hydrogen-bond acceptors (Lipinski definition) is 5. The minimum atomic E-state index is -0.410. The number of nitrogens with one attached hydrogen (secondary N) is 2. The maximum Gasteiger partial charge on any atom is 0.336 e. The predicted molar refractivity (Wildman–Crippen MR) is 86.6 cm³/mol. The van der Waals surface area contributed by atoms with Crippen LogP contribution in [0.3, 0.4) is 0 Å². The van der Waals surface area contributed by atoms with Crippen molar-refractivity contribution in [3.05, 3.63) is 40.8 Å². The lowest BCUT2D eigenvalue weighted by Gasteiger charge is -2.30. The molecule has 0 aliphatic carbocycles. The molecule has 1 aliphatic rings. The average Bonchev–Trinajstić information content (AvgIpc) is 2.54. The Kier molecular flexibility index (Phi) is 4.62. The molecule has 6 nitrogen and oxygen atoms in total. The van der Waals surface area contributed by atoms with E-state index in [1.165, 1.54) is 6.07 Å². The molecule has 1 aromatic carbocycles. The Morgan fingerprint density at radius 2 is 2.22 bits per heavy atom. The highest BCUT2D eigenvalue weighted by Crippen LogP contribution is 2.19. The van der Waals surface area contributed by atoms with Gasteiger partial charge in [-0.2, -0.15) is 0 Å². The van der Waals surface area contributed by atoms with Gasteiger partial charge in [0.15, 0.2) is 6.61 Å². The molecule has 1 fully saturated rings. The van der Waals surface area contributed by atoms with Crippen LogP contribution in [0.15, 0.2) is 39.5 Å². The van der Waals surface area contributed by atoms with Crippen molar-refractivity contribution in [2.75, 3.05) is 19.7 Å². The largest absolute Gasteiger partial charge is 0.484 e. The van der Waals surface area contributed by atoms with E-state index in [0.717, 1.165) is 24.9 Å². The first kappa shape index (κ1) is 15.6. The SMILES string of the molecule is CC1CNCCC1NC(=O)COc1ccc2ccc(=O)oc2c1. The molecule has 2 atom stereocenters. The molecule has 1 aromatic heterocycles. The van der Waals surface area contributed by atoms with Crippen molar-refractivity contribution in [2.24, 2.45) is 5.92 Å². The lowest BCUT2D eigenvalue weighted by Crippen LogP contribution is -2.49. The van der Waals surface area contributed by atoms with Crippen molar-refractivity contribution in [3.63, 3.8) is 0 Å². The molecule has 2 aromatic rings. The summed E-state index contributed by atoms with van der Waals surface area (Å²) in [5, 5.41) is 7.12. The molecule has 122 valence electrons. The molecular formula is C17H20N2O4. The average molecular weight is 316 g/mol. The monoisotopic (exact) mass is 316 g/mol. The summed E-state index contributed by atoms with van der Waals surface area (Å²) in [6.45, 7) is 3.89. The van der Waals surface area contributed by atoms with Gasteiger partial charge < -0.3 is 19.8 Å². The standard InChI is InChI=1S/C17H20N2O4/c1-11-9-18-7-6-14(11)19-16(20)10-22-13-4-2-12-3-5-17(21)23-15(12)8-13/h2-5,8,11,14,18H,6-7,9-10H2,1H3,(H,19,20). The zero-order valence-corrected chi connectivity index (χ0v) is 13.0. The molecule has 1 saturated heterocycles. The number of ether oxygens (including phenoxy) is 1. The van der Waals surface area contributed by atoms with Gasteiger partial charge in [0.25, 0.3) is 5.91 Å². The molecule has 2 N–H and O–H groups in total. The van der Waals surface area contributed by atoms with Crippen LogP contribution in [0.2, 0.25) is 0 Å². The quantitative estimate of drug-likeness (QED) is 0.831. The minimum Gasteiger partial charge on any atom is -0.484 e. The topological polar surface area (TPSA) is 80.6 Å². The first-order valence-corrected chi connectivity index (χ1v) is 7.78. The van der Waals surface area contributed by atoms with Gasteiger partial charge in [-0.25, -0.2) is 4.79 Å². The number of rotatable bonds is 4. The summed E-state index contributed by atoms with van der Waals surface area (Å²) in [6.07, 6.45) is 0.925. The maximum atomic E-state index is 12.0. The lowest BCUT2D eigenvalue weighted by molar-refractivity contribution is -0.124. The molecular weight excluding hydrogens is 296 g/mol. The summed E-state index contributed by atoms with van der Waals surface area (Å²) in [7, 11) is 0. The smallest absolute Gasteiger partial charge is 0.336 e. The van der Waals surface area contributed by atoms with Crippen molar-refractivity contribution < 1.29 is 13.9 Å². The summed E-state index contributed by atoms with van der Waals surface area (Å²) >= 11 is 0. The molecule has 3 rings (SSSR count). The zero-order valence-electron chi connectivity index (χ0n) is 13.0. The third-order valence-electron chi connectivity index (χ3n) is 4.10. The van der Waals surface area contributed by atoms with Crippen LogP contribution in [0.25, 0.3) is 11.0 Å². The molecule has 0 spiro atoms. The van der Waals surface area contributed by atoms with Gasteiger partial charge in [0.1, 0.15) is 11.3 Å². The van der Waals surface area contributed by atoms with Crippen molar-refractivity contribution in [2.45, 2.75) is 19.4 Å². The van der Waals surface area contributed by atoms with Gasteiger partial charge in [-0.05, 0) is 43.6 Å². The first-order chi connectivity index (χ1) is 11.1. The third kappa shape index (κ3) is 3.90. The van der Waals surface area contributed by atoms with E-state index in [4.69, 9.17) is 9.15 Å². The predicted octanol–water partition coefficient (Wildman–Crippen LogP) is 1.29. The highest BCUT2D eigenvalue weighted by atomic mass is 16.5. The van der Waals surface area contributed by atoms with Crippen LogP contribution in [-0.2, 0) is 4.79 Å². The number of hydrogen-bond donors (Lipinski definition) is 2. The molecule has 1 amide bonds. The van der Waals surface area contributed by atoms with E-state index in [9.17, 15) is 9.59 Å². The van der Waals surface area contributed by atoms with Crippen molar-refractivity contribution in [1.82, 2.24) is 10.6 Å². The van der Waals surface area contributed by atoms with E-state index in [2.05, 4.69) is 17.6 Å². The Balaban J connectivity index is 1.59. The van der Waals surface area contributed by atoms with Crippen LogP contribution < -0.4 is 21.0 Å². The second-order valence-corrected chi connectivity index (χ2v) is 5.89. The Morgan fingerprint density at radius 1 is 1.39 bits per heavy atom. The van der Waals surface area contributed by atoms with E-state index in [-0.39, 0.29) is 18.6 Å². The zero-order chi connectivity index (χ0) is 16.2. The highest BCUT2D eigenvalue weighted by molar-refractivity contribution is 5.79. The van der Waals surface area contributed by atoms with Gasteiger partial charge in [0.05, 0.1) is 0 Å². The van der Waals surface area contributed by atoms with Crippen molar-refractivity contribution in [1.29, 1.82) is 0 Å². The van der Waals surface area contributed by atoms with E-state index >= 15 is 0 Å². The van der Waals surface area contributed by atoms with Crippen LogP contribution in [-0.4, -0.2) is 31.6 Å². The van der Waals surface area contributed by atoms with Crippen LogP contribution in [0.5, 0.6) is 5.75 Å². The van der Waals surface area contributed by atoms with Crippen molar-refractivity contribution >= 4 is 16.9 Å². The number of carbonyl (C=O) groups is 1. The van der Waals surface area contributed by atoms with Gasteiger partial charge in [0.2, 0.25) is 0 Å². The van der Waals surface area contributed by atoms with Crippen LogP contribution >= 0.6 is 0 Å². The Hall–Kier alpha value is -2.34. The summed E-state index contributed by atoms with van der Waals surface area (Å²) < 4.78 is 10.6. The Morgan fingerprint density at radius 3 is 3.04 bits per heavy atom. The van der Waals surface area contributed by atoms with Gasteiger partial charge in [-0.3, -0.25) is 4.79 Å². The molecule has 6 heteroatoms. The number of fused-ring (bicyclic) bond motifs is 1. The molecule has 0 radical (unpaired) electrons. The minimum absolute atomic E-state index is 0.0563. The fourth-order valence-electron chi connectivity index (χ4n) is 2.76. The highest BCUT2D eigenvalue weighted by Gasteiger charge is 2.22. The van der Waals surface area contributed by atoms with Gasteiger partial charge in [-0.15, -0.1) is 0 Å². The molecule has 0 saturated carbocycles. The Bertz CT molecular complexity index is 756. The molecule has 23 heavy (non-hydrogen) atoms. The Labute approximate surface area is 133 Å². The normalized spacial score (nSPS) is 21.1. The molecule has 2 unspecified atom stereocenters. The lowest BCUT2D eigenvalue weighted by atomic mass is 9.95. The van der Waals surface area contributed by atoms with Gasteiger partial charge in [-0.1, -0.05) is 6.92 Å². The molecule has 2 heterocycles. The van der Waals surface area contributed by atoms with Crippen LogP contribution in [0, 0.1) is 5.92 Å². The molecule has 0 bridgehead atoms. The van der Waals surface area contributed by atoms with E-state index < -0.39 is 5.63 Å². The van der Waals surface area contributed by atoms with Crippen LogP contribution in [0.1, 0.15) is 13.3 Å². The fraction of sp³-hybridized carbons (Fsp3) is 0.412. The summed E-state index contributed by atoms with van der Waals surface area (Å²) in [5.74, 6) is 0.765. The van der Waals surface area contributed by atoms with Gasteiger partial charge >= 0.3 is 5.63 Å². The van der Waals surface area contributed by atoms with Crippen LogP contribution in [0.4, 0.5) is 0 Å². The second-order valence-electron chi connectivity index (χ2n) is 5.89.